The van der Waals surface area contributed by atoms with Crippen LogP contribution in [0.5, 0.6) is 0 Å². The molecule has 0 spiro atoms. The predicted molar refractivity (Wildman–Crippen MR) is 82.2 cm³/mol. The number of amides is 1. The van der Waals surface area contributed by atoms with Crippen LogP contribution in [0.25, 0.3) is 0 Å². The van der Waals surface area contributed by atoms with Crippen molar-refractivity contribution >= 4 is 11.7 Å². The SMILES string of the molecule is CCCNc1cc(C(=O)NC2CC2)cc(C(C)(C)C)n1. The van der Waals surface area contributed by atoms with Gasteiger partial charge in [-0.15, -0.1) is 0 Å². The first-order chi connectivity index (χ1) is 9.40. The number of pyridine rings is 1. The number of anilines is 1. The molecule has 4 nitrogen and oxygen atoms in total. The lowest BCUT2D eigenvalue weighted by Crippen LogP contribution is -2.26. The van der Waals surface area contributed by atoms with Crippen molar-refractivity contribution in [3.8, 4) is 0 Å². The molecule has 4 heteroatoms. The maximum Gasteiger partial charge on any atom is 0.251 e. The van der Waals surface area contributed by atoms with Gasteiger partial charge in [0, 0.05) is 29.3 Å². The highest BCUT2D eigenvalue weighted by molar-refractivity contribution is 5.95. The Morgan fingerprint density at radius 1 is 1.35 bits per heavy atom. The molecule has 1 aliphatic carbocycles. The molecule has 1 aliphatic rings. The molecule has 1 saturated carbocycles. The molecule has 20 heavy (non-hydrogen) atoms. The second kappa shape index (κ2) is 5.81. The Bertz CT molecular complexity index is 487. The lowest BCUT2D eigenvalue weighted by Gasteiger charge is -2.20. The van der Waals surface area contributed by atoms with Gasteiger partial charge in [0.25, 0.3) is 5.91 Å². The molecule has 0 bridgehead atoms. The quantitative estimate of drug-likeness (QED) is 0.868. The fraction of sp³-hybridized carbons (Fsp3) is 0.625. The number of rotatable bonds is 5. The molecule has 1 aromatic rings. The van der Waals surface area contributed by atoms with Crippen molar-refractivity contribution in [2.24, 2.45) is 0 Å². The molecule has 0 aromatic carbocycles. The van der Waals surface area contributed by atoms with E-state index in [1.165, 1.54) is 0 Å². The van der Waals surface area contributed by atoms with E-state index in [-0.39, 0.29) is 11.3 Å². The van der Waals surface area contributed by atoms with Crippen LogP contribution >= 0.6 is 0 Å². The summed E-state index contributed by atoms with van der Waals surface area (Å²) < 4.78 is 0. The average molecular weight is 275 g/mol. The summed E-state index contributed by atoms with van der Waals surface area (Å²) in [5.74, 6) is 0.806. The lowest BCUT2D eigenvalue weighted by atomic mass is 9.90. The van der Waals surface area contributed by atoms with Gasteiger partial charge in [0.2, 0.25) is 0 Å². The number of carbonyl (C=O) groups is 1. The molecule has 0 atom stereocenters. The van der Waals surface area contributed by atoms with Gasteiger partial charge in [0.1, 0.15) is 5.82 Å². The molecule has 0 unspecified atom stereocenters. The molecule has 0 aliphatic heterocycles. The maximum atomic E-state index is 12.2. The van der Waals surface area contributed by atoms with Crippen LogP contribution in [-0.4, -0.2) is 23.5 Å². The minimum absolute atomic E-state index is 0.0138. The Hall–Kier alpha value is -1.58. The van der Waals surface area contributed by atoms with E-state index in [2.05, 4.69) is 43.3 Å². The first-order valence-corrected chi connectivity index (χ1v) is 7.47. The summed E-state index contributed by atoms with van der Waals surface area (Å²) >= 11 is 0. The van der Waals surface area contributed by atoms with Crippen LogP contribution in [0.1, 0.15) is 63.0 Å². The minimum atomic E-state index is -0.0709. The summed E-state index contributed by atoms with van der Waals surface area (Å²) in [6, 6.07) is 4.14. The summed E-state index contributed by atoms with van der Waals surface area (Å²) in [5.41, 5.74) is 1.58. The first-order valence-electron chi connectivity index (χ1n) is 7.47. The number of nitrogens with one attached hydrogen (secondary N) is 2. The Morgan fingerprint density at radius 3 is 2.60 bits per heavy atom. The molecule has 1 amide bonds. The van der Waals surface area contributed by atoms with Gasteiger partial charge in [-0.1, -0.05) is 27.7 Å². The van der Waals surface area contributed by atoms with Crippen molar-refractivity contribution in [1.29, 1.82) is 0 Å². The number of carbonyl (C=O) groups excluding carboxylic acids is 1. The molecule has 2 N–H and O–H groups in total. The van der Waals surface area contributed by atoms with E-state index in [1.54, 1.807) is 0 Å². The molecule has 1 heterocycles. The fourth-order valence-corrected chi connectivity index (χ4v) is 1.89. The molecular weight excluding hydrogens is 250 g/mol. The van der Waals surface area contributed by atoms with Crippen LogP contribution in [0.3, 0.4) is 0 Å². The highest BCUT2D eigenvalue weighted by Crippen LogP contribution is 2.24. The minimum Gasteiger partial charge on any atom is -0.370 e. The highest BCUT2D eigenvalue weighted by Gasteiger charge is 2.25. The van der Waals surface area contributed by atoms with Gasteiger partial charge in [-0.25, -0.2) is 4.98 Å². The number of nitrogens with zero attached hydrogens (tertiary/aromatic N) is 1. The van der Waals surface area contributed by atoms with E-state index in [1.807, 2.05) is 12.1 Å². The van der Waals surface area contributed by atoms with Crippen molar-refractivity contribution in [1.82, 2.24) is 10.3 Å². The third-order valence-corrected chi connectivity index (χ3v) is 3.32. The zero-order chi connectivity index (χ0) is 14.8. The Morgan fingerprint density at radius 2 is 2.05 bits per heavy atom. The smallest absolute Gasteiger partial charge is 0.251 e. The number of hydrogen-bond donors (Lipinski definition) is 2. The summed E-state index contributed by atoms with van der Waals surface area (Å²) in [6.07, 6.45) is 3.23. The third kappa shape index (κ3) is 3.95. The highest BCUT2D eigenvalue weighted by atomic mass is 16.1. The fourth-order valence-electron chi connectivity index (χ4n) is 1.89. The Kier molecular flexibility index (Phi) is 4.31. The monoisotopic (exact) mass is 275 g/mol. The van der Waals surface area contributed by atoms with Gasteiger partial charge in [-0.2, -0.15) is 0 Å². The lowest BCUT2D eigenvalue weighted by molar-refractivity contribution is 0.0951. The Labute approximate surface area is 121 Å². The van der Waals surface area contributed by atoms with Crippen molar-refractivity contribution in [3.05, 3.63) is 23.4 Å². The van der Waals surface area contributed by atoms with Gasteiger partial charge in [0.05, 0.1) is 0 Å². The maximum absolute atomic E-state index is 12.2. The molecule has 1 aromatic heterocycles. The van der Waals surface area contributed by atoms with Crippen molar-refractivity contribution < 1.29 is 4.79 Å². The van der Waals surface area contributed by atoms with E-state index < -0.39 is 0 Å². The van der Waals surface area contributed by atoms with Crippen molar-refractivity contribution in [3.63, 3.8) is 0 Å². The second-order valence-corrected chi connectivity index (χ2v) is 6.55. The molecular formula is C16H25N3O. The van der Waals surface area contributed by atoms with Crippen LogP contribution in [0, 0.1) is 0 Å². The van der Waals surface area contributed by atoms with Gasteiger partial charge in [-0.3, -0.25) is 4.79 Å². The normalized spacial score (nSPS) is 15.0. The van der Waals surface area contributed by atoms with E-state index in [9.17, 15) is 4.79 Å². The Balaban J connectivity index is 2.26. The molecule has 0 radical (unpaired) electrons. The van der Waals surface area contributed by atoms with Crippen LogP contribution in [-0.2, 0) is 5.41 Å². The average Bonchev–Trinajstić information content (AvgIpc) is 3.18. The second-order valence-electron chi connectivity index (χ2n) is 6.55. The summed E-state index contributed by atoms with van der Waals surface area (Å²) in [5, 5.41) is 6.32. The van der Waals surface area contributed by atoms with E-state index in [0.717, 1.165) is 37.3 Å². The van der Waals surface area contributed by atoms with Gasteiger partial charge in [-0.05, 0) is 31.4 Å². The standard InChI is InChI=1S/C16H25N3O/c1-5-8-17-14-10-11(15(20)18-12-6-7-12)9-13(19-14)16(2,3)4/h9-10,12H,5-8H2,1-4H3,(H,17,19)(H,18,20). The van der Waals surface area contributed by atoms with E-state index in [0.29, 0.717) is 11.6 Å². The molecule has 0 saturated heterocycles. The van der Waals surface area contributed by atoms with Gasteiger partial charge >= 0.3 is 0 Å². The third-order valence-electron chi connectivity index (χ3n) is 3.32. The summed E-state index contributed by atoms with van der Waals surface area (Å²) in [4.78, 5) is 16.9. The van der Waals surface area contributed by atoms with Crippen LogP contribution in [0.15, 0.2) is 12.1 Å². The predicted octanol–water partition coefficient (Wildman–Crippen LogP) is 3.09. The van der Waals surface area contributed by atoms with Crippen LogP contribution in [0.4, 0.5) is 5.82 Å². The zero-order valence-corrected chi connectivity index (χ0v) is 12.9. The number of aromatic nitrogens is 1. The van der Waals surface area contributed by atoms with Gasteiger partial charge < -0.3 is 10.6 Å². The number of hydrogen-bond acceptors (Lipinski definition) is 3. The molecule has 1 fully saturated rings. The van der Waals surface area contributed by atoms with Crippen LogP contribution < -0.4 is 10.6 Å². The van der Waals surface area contributed by atoms with Crippen LogP contribution in [0.2, 0.25) is 0 Å². The first kappa shape index (κ1) is 14.8. The van der Waals surface area contributed by atoms with E-state index in [4.69, 9.17) is 0 Å². The molecule has 110 valence electrons. The van der Waals surface area contributed by atoms with E-state index >= 15 is 0 Å². The molecule has 2 rings (SSSR count). The summed E-state index contributed by atoms with van der Waals surface area (Å²) in [6.45, 7) is 9.32. The topological polar surface area (TPSA) is 54.0 Å². The van der Waals surface area contributed by atoms with Crippen molar-refractivity contribution in [2.45, 2.75) is 58.4 Å². The zero-order valence-electron chi connectivity index (χ0n) is 12.9. The largest absolute Gasteiger partial charge is 0.370 e. The summed E-state index contributed by atoms with van der Waals surface area (Å²) in [7, 11) is 0. The van der Waals surface area contributed by atoms with Crippen molar-refractivity contribution in [2.75, 3.05) is 11.9 Å². The van der Waals surface area contributed by atoms with Gasteiger partial charge in [0.15, 0.2) is 0 Å².